The molecule has 7 nitrogen and oxygen atoms in total. The minimum atomic E-state index is -1.17. The quantitative estimate of drug-likeness (QED) is 0.426. The number of nitrogens with two attached hydrogens (primary N) is 1. The largest absolute Gasteiger partial charge is 0.480 e. The van der Waals surface area contributed by atoms with E-state index in [1.165, 1.54) is 13.8 Å². The number of nitrogens with one attached hydrogen (secondary N) is 2. The summed E-state index contributed by atoms with van der Waals surface area (Å²) < 4.78 is 0. The zero-order valence-corrected chi connectivity index (χ0v) is 8.66. The molecule has 7 heteroatoms. The summed E-state index contributed by atoms with van der Waals surface area (Å²) in [6.45, 7) is 2.20. The highest BCUT2D eigenvalue weighted by atomic mass is 16.4. The monoisotopic (exact) mass is 217 g/mol. The lowest BCUT2D eigenvalue weighted by Crippen LogP contribution is -2.56. The van der Waals surface area contributed by atoms with Gasteiger partial charge in [-0.1, -0.05) is 0 Å². The van der Waals surface area contributed by atoms with Crippen molar-refractivity contribution >= 4 is 17.8 Å². The molecular formula is C8H15N3O4. The van der Waals surface area contributed by atoms with Gasteiger partial charge >= 0.3 is 5.97 Å². The molecule has 0 aromatic rings. The van der Waals surface area contributed by atoms with Crippen molar-refractivity contribution in [3.8, 4) is 0 Å². The first kappa shape index (κ1) is 13.4. The Bertz CT molecular complexity index is 275. The van der Waals surface area contributed by atoms with Crippen molar-refractivity contribution in [1.82, 2.24) is 10.6 Å². The third kappa shape index (κ3) is 4.96. The molecule has 0 saturated carbocycles. The summed E-state index contributed by atoms with van der Waals surface area (Å²) in [7, 11) is 0. The average Bonchev–Trinajstić information content (AvgIpc) is 2.13. The molecule has 2 amide bonds. The smallest absolute Gasteiger partial charge is 0.322 e. The zero-order valence-electron chi connectivity index (χ0n) is 8.66. The fraction of sp³-hybridized carbons (Fsp3) is 0.625. The molecule has 0 atom stereocenters. The van der Waals surface area contributed by atoms with Gasteiger partial charge in [0.15, 0.2) is 0 Å². The molecule has 0 fully saturated rings. The molecule has 0 aromatic carbocycles. The highest BCUT2D eigenvalue weighted by molar-refractivity contribution is 5.92. The van der Waals surface area contributed by atoms with E-state index in [2.05, 4.69) is 10.6 Å². The van der Waals surface area contributed by atoms with Crippen LogP contribution in [0.2, 0.25) is 0 Å². The number of hydrogen-bond donors (Lipinski definition) is 4. The standard InChI is InChI=1S/C8H15N3O4/c1-8(2,11-5(12)3-9)7(15)10-4-6(13)14/h3-4,9H2,1-2H3,(H,10,15)(H,11,12)(H,13,14). The van der Waals surface area contributed by atoms with Crippen molar-refractivity contribution in [1.29, 1.82) is 0 Å². The van der Waals surface area contributed by atoms with Crippen LogP contribution in [0.3, 0.4) is 0 Å². The van der Waals surface area contributed by atoms with Gasteiger partial charge < -0.3 is 21.5 Å². The Morgan fingerprint density at radius 1 is 1.33 bits per heavy atom. The predicted octanol–water partition coefficient (Wildman–Crippen LogP) is -1.96. The van der Waals surface area contributed by atoms with Crippen LogP contribution in [0.4, 0.5) is 0 Å². The number of rotatable bonds is 5. The second kappa shape index (κ2) is 5.30. The molecule has 5 N–H and O–H groups in total. The maximum absolute atomic E-state index is 11.4. The van der Waals surface area contributed by atoms with Gasteiger partial charge in [0.2, 0.25) is 11.8 Å². The van der Waals surface area contributed by atoms with Crippen LogP contribution >= 0.6 is 0 Å². The molecule has 0 saturated heterocycles. The number of hydrogen-bond acceptors (Lipinski definition) is 4. The third-order valence-electron chi connectivity index (χ3n) is 1.61. The van der Waals surface area contributed by atoms with Gasteiger partial charge in [0.05, 0.1) is 6.54 Å². The van der Waals surface area contributed by atoms with Crippen LogP contribution < -0.4 is 16.4 Å². The van der Waals surface area contributed by atoms with E-state index in [-0.39, 0.29) is 6.54 Å². The van der Waals surface area contributed by atoms with E-state index in [1.54, 1.807) is 0 Å². The van der Waals surface area contributed by atoms with Gasteiger partial charge in [0.1, 0.15) is 12.1 Å². The number of aliphatic carboxylic acids is 1. The van der Waals surface area contributed by atoms with Crippen molar-refractivity contribution in [3.63, 3.8) is 0 Å². The van der Waals surface area contributed by atoms with Gasteiger partial charge in [-0.05, 0) is 13.8 Å². The fourth-order valence-electron chi connectivity index (χ4n) is 0.833. The van der Waals surface area contributed by atoms with Crippen LogP contribution in [0.25, 0.3) is 0 Å². The van der Waals surface area contributed by atoms with Crippen molar-refractivity contribution in [2.45, 2.75) is 19.4 Å². The SMILES string of the molecule is CC(C)(NC(=O)CN)C(=O)NCC(=O)O. The van der Waals surface area contributed by atoms with Crippen LogP contribution in [0.5, 0.6) is 0 Å². The maximum Gasteiger partial charge on any atom is 0.322 e. The van der Waals surface area contributed by atoms with Crippen LogP contribution in [0.1, 0.15) is 13.8 Å². The molecule has 0 heterocycles. The number of carboxylic acids is 1. The van der Waals surface area contributed by atoms with Crippen LogP contribution in [0, 0.1) is 0 Å². The first-order chi connectivity index (χ1) is 6.79. The van der Waals surface area contributed by atoms with Crippen molar-refractivity contribution in [2.75, 3.05) is 13.1 Å². The second-order valence-corrected chi connectivity index (χ2v) is 3.45. The summed E-state index contributed by atoms with van der Waals surface area (Å²) in [6, 6.07) is 0. The van der Waals surface area contributed by atoms with E-state index in [9.17, 15) is 14.4 Å². The van der Waals surface area contributed by atoms with E-state index in [1.807, 2.05) is 0 Å². The zero-order chi connectivity index (χ0) is 12.1. The van der Waals surface area contributed by atoms with Gasteiger partial charge in [-0.2, -0.15) is 0 Å². The van der Waals surface area contributed by atoms with Crippen molar-refractivity contribution in [2.24, 2.45) is 5.73 Å². The summed E-state index contributed by atoms with van der Waals surface area (Å²) in [4.78, 5) is 32.5. The van der Waals surface area contributed by atoms with Crippen molar-refractivity contribution < 1.29 is 19.5 Å². The molecule has 0 aliphatic carbocycles. The molecule has 0 radical (unpaired) electrons. The summed E-state index contributed by atoms with van der Waals surface area (Å²) in [5.41, 5.74) is 3.89. The topological polar surface area (TPSA) is 122 Å². The Morgan fingerprint density at radius 3 is 2.27 bits per heavy atom. The lowest BCUT2D eigenvalue weighted by Gasteiger charge is -2.24. The van der Waals surface area contributed by atoms with E-state index >= 15 is 0 Å². The first-order valence-electron chi connectivity index (χ1n) is 4.30. The lowest BCUT2D eigenvalue weighted by molar-refractivity contribution is -0.139. The van der Waals surface area contributed by atoms with E-state index in [4.69, 9.17) is 10.8 Å². The third-order valence-corrected chi connectivity index (χ3v) is 1.61. The van der Waals surface area contributed by atoms with Gasteiger partial charge in [-0.15, -0.1) is 0 Å². The Kier molecular flexibility index (Phi) is 4.72. The van der Waals surface area contributed by atoms with Crippen LogP contribution in [-0.4, -0.2) is 41.5 Å². The molecule has 0 aliphatic rings. The molecular weight excluding hydrogens is 202 g/mol. The first-order valence-corrected chi connectivity index (χ1v) is 4.30. The minimum absolute atomic E-state index is 0.227. The summed E-state index contributed by atoms with van der Waals surface area (Å²) in [6.07, 6.45) is 0. The highest BCUT2D eigenvalue weighted by Gasteiger charge is 2.28. The highest BCUT2D eigenvalue weighted by Crippen LogP contribution is 2.01. The molecule has 0 unspecified atom stereocenters. The summed E-state index contributed by atoms with van der Waals surface area (Å²) >= 11 is 0. The number of amides is 2. The van der Waals surface area contributed by atoms with E-state index < -0.39 is 29.9 Å². The predicted molar refractivity (Wildman–Crippen MR) is 51.9 cm³/mol. The molecule has 0 spiro atoms. The maximum atomic E-state index is 11.4. The average molecular weight is 217 g/mol. The molecule has 15 heavy (non-hydrogen) atoms. The summed E-state index contributed by atoms with van der Waals surface area (Å²) in [5, 5.41) is 12.9. The molecule has 86 valence electrons. The van der Waals surface area contributed by atoms with Crippen LogP contribution in [0.15, 0.2) is 0 Å². The van der Waals surface area contributed by atoms with Gasteiger partial charge in [-0.3, -0.25) is 14.4 Å². The van der Waals surface area contributed by atoms with Crippen LogP contribution in [-0.2, 0) is 14.4 Å². The van der Waals surface area contributed by atoms with Gasteiger partial charge in [-0.25, -0.2) is 0 Å². The lowest BCUT2D eigenvalue weighted by atomic mass is 10.0. The molecule has 0 aromatic heterocycles. The summed E-state index contributed by atoms with van der Waals surface area (Å²) in [5.74, 6) is -2.21. The van der Waals surface area contributed by atoms with E-state index in [0.717, 1.165) is 0 Å². The number of carbonyl (C=O) groups excluding carboxylic acids is 2. The molecule has 0 aliphatic heterocycles. The molecule has 0 bridgehead atoms. The van der Waals surface area contributed by atoms with Gasteiger partial charge in [0, 0.05) is 0 Å². The Labute approximate surface area is 87.0 Å². The normalized spacial score (nSPS) is 10.6. The fourth-order valence-corrected chi connectivity index (χ4v) is 0.833. The minimum Gasteiger partial charge on any atom is -0.480 e. The second-order valence-electron chi connectivity index (χ2n) is 3.45. The molecule has 0 rings (SSSR count). The van der Waals surface area contributed by atoms with Gasteiger partial charge in [0.25, 0.3) is 0 Å². The Balaban J connectivity index is 4.25. The van der Waals surface area contributed by atoms with Crippen molar-refractivity contribution in [3.05, 3.63) is 0 Å². The van der Waals surface area contributed by atoms with E-state index in [0.29, 0.717) is 0 Å². The number of carbonyl (C=O) groups is 3. The Hall–Kier alpha value is -1.63. The Morgan fingerprint density at radius 2 is 1.87 bits per heavy atom. The number of carboxylic acid groups (broad SMARTS) is 1.